The highest BCUT2D eigenvalue weighted by Crippen LogP contribution is 2.31. The zero-order valence-electron chi connectivity index (χ0n) is 15.1. The van der Waals surface area contributed by atoms with Gasteiger partial charge in [-0.3, -0.25) is 9.79 Å². The molecule has 136 valence electrons. The van der Waals surface area contributed by atoms with E-state index in [0.29, 0.717) is 11.9 Å². The van der Waals surface area contributed by atoms with E-state index in [4.69, 9.17) is 14.5 Å². The fraction of sp³-hybridized carbons (Fsp3) is 0.333. The van der Waals surface area contributed by atoms with Crippen LogP contribution in [-0.4, -0.2) is 36.0 Å². The van der Waals surface area contributed by atoms with E-state index in [1.807, 2.05) is 54.2 Å². The molecule has 2 atom stereocenters. The summed E-state index contributed by atoms with van der Waals surface area (Å²) in [4.78, 5) is 16.3. The Morgan fingerprint density at radius 3 is 2.73 bits per heavy atom. The van der Waals surface area contributed by atoms with Crippen molar-refractivity contribution < 1.29 is 14.3 Å². The number of nitrogens with zero attached hydrogens (tertiary/aromatic N) is 1. The van der Waals surface area contributed by atoms with Gasteiger partial charge in [0.2, 0.25) is 0 Å². The Kier molecular flexibility index (Phi) is 6.34. The molecular weight excluding hydrogens is 346 g/mol. The summed E-state index contributed by atoms with van der Waals surface area (Å²) in [6, 6.07) is 18.2. The standard InChI is InChI=1S/C21H23NO3S/c1-15-19(22-21(26-15)17-8-4-3-5-9-17)11-12-25-18-10-6-7-16(13-18)14-20(23)24-2/h3-10,13,15,19H,11-12,14H2,1-2H3. The second-order valence-corrected chi connectivity index (χ2v) is 7.59. The number of ether oxygens (including phenoxy) is 2. The fourth-order valence-corrected chi connectivity index (χ4v) is 4.02. The number of rotatable bonds is 7. The maximum atomic E-state index is 11.4. The highest BCUT2D eigenvalue weighted by molar-refractivity contribution is 8.15. The molecule has 2 unspecified atom stereocenters. The number of carbonyl (C=O) groups excluding carboxylic acids is 1. The molecule has 0 bridgehead atoms. The van der Waals surface area contributed by atoms with E-state index in [1.165, 1.54) is 12.7 Å². The van der Waals surface area contributed by atoms with E-state index in [2.05, 4.69) is 19.1 Å². The van der Waals surface area contributed by atoms with E-state index in [1.54, 1.807) is 0 Å². The lowest BCUT2D eigenvalue weighted by Crippen LogP contribution is -2.17. The topological polar surface area (TPSA) is 47.9 Å². The first-order valence-corrected chi connectivity index (χ1v) is 9.62. The quantitative estimate of drug-likeness (QED) is 0.689. The Labute approximate surface area is 158 Å². The Bertz CT molecular complexity index is 776. The highest BCUT2D eigenvalue weighted by Gasteiger charge is 2.26. The summed E-state index contributed by atoms with van der Waals surface area (Å²) >= 11 is 1.83. The molecule has 4 nitrogen and oxygen atoms in total. The van der Waals surface area contributed by atoms with Crippen LogP contribution in [0.15, 0.2) is 59.6 Å². The minimum atomic E-state index is -0.248. The number of methoxy groups -OCH3 is 1. The van der Waals surface area contributed by atoms with Crippen molar-refractivity contribution in [3.05, 3.63) is 65.7 Å². The second-order valence-electron chi connectivity index (χ2n) is 6.23. The van der Waals surface area contributed by atoms with Crippen molar-refractivity contribution in [3.63, 3.8) is 0 Å². The lowest BCUT2D eigenvalue weighted by Gasteiger charge is -2.13. The van der Waals surface area contributed by atoms with Crippen LogP contribution in [0.2, 0.25) is 0 Å². The van der Waals surface area contributed by atoms with Crippen LogP contribution < -0.4 is 4.74 Å². The second kappa shape index (κ2) is 8.90. The molecule has 26 heavy (non-hydrogen) atoms. The molecule has 0 N–H and O–H groups in total. The summed E-state index contributed by atoms with van der Waals surface area (Å²) in [6.07, 6.45) is 1.13. The number of thioether (sulfide) groups is 1. The zero-order valence-corrected chi connectivity index (χ0v) is 15.9. The van der Waals surface area contributed by atoms with Gasteiger partial charge in [-0.05, 0) is 17.7 Å². The Morgan fingerprint density at radius 1 is 1.15 bits per heavy atom. The van der Waals surface area contributed by atoms with E-state index >= 15 is 0 Å². The Morgan fingerprint density at radius 2 is 1.96 bits per heavy atom. The van der Waals surface area contributed by atoms with Crippen molar-refractivity contribution in [2.24, 2.45) is 4.99 Å². The maximum Gasteiger partial charge on any atom is 0.309 e. The minimum Gasteiger partial charge on any atom is -0.494 e. The third kappa shape index (κ3) is 4.88. The number of aliphatic imine (C=N–C) groups is 1. The lowest BCUT2D eigenvalue weighted by molar-refractivity contribution is -0.139. The lowest BCUT2D eigenvalue weighted by atomic mass is 10.1. The van der Waals surface area contributed by atoms with Gasteiger partial charge in [0.05, 0.1) is 31.2 Å². The van der Waals surface area contributed by atoms with Crippen LogP contribution >= 0.6 is 11.8 Å². The van der Waals surface area contributed by atoms with Crippen LogP contribution in [0.5, 0.6) is 5.75 Å². The molecule has 3 rings (SSSR count). The van der Waals surface area contributed by atoms with Gasteiger partial charge >= 0.3 is 5.97 Å². The van der Waals surface area contributed by atoms with E-state index in [0.717, 1.165) is 22.8 Å². The minimum absolute atomic E-state index is 0.248. The van der Waals surface area contributed by atoms with Gasteiger partial charge < -0.3 is 9.47 Å². The predicted molar refractivity (Wildman–Crippen MR) is 106 cm³/mol. The number of carbonyl (C=O) groups is 1. The average Bonchev–Trinajstić information content (AvgIpc) is 3.03. The van der Waals surface area contributed by atoms with Gasteiger partial charge in [0, 0.05) is 17.2 Å². The summed E-state index contributed by atoms with van der Waals surface area (Å²) in [5, 5.41) is 1.56. The van der Waals surface area contributed by atoms with Gasteiger partial charge in [-0.1, -0.05) is 49.4 Å². The smallest absolute Gasteiger partial charge is 0.309 e. The predicted octanol–water partition coefficient (Wildman–Crippen LogP) is 4.12. The summed E-state index contributed by atoms with van der Waals surface area (Å²) < 4.78 is 10.6. The number of esters is 1. The third-order valence-electron chi connectivity index (χ3n) is 4.30. The van der Waals surface area contributed by atoms with Gasteiger partial charge in [0.1, 0.15) is 5.75 Å². The molecule has 0 radical (unpaired) electrons. The summed E-state index contributed by atoms with van der Waals surface area (Å²) in [5.41, 5.74) is 2.08. The molecule has 0 spiro atoms. The molecule has 0 fully saturated rings. The van der Waals surface area contributed by atoms with Crippen molar-refractivity contribution in [2.45, 2.75) is 31.1 Å². The summed E-state index contributed by atoms with van der Waals surface area (Å²) in [6.45, 7) is 2.81. The SMILES string of the molecule is COC(=O)Cc1cccc(OCCC2N=C(c3ccccc3)SC2C)c1. The van der Waals surface area contributed by atoms with Gasteiger partial charge in [-0.15, -0.1) is 11.8 Å². The number of benzene rings is 2. The largest absolute Gasteiger partial charge is 0.494 e. The first kappa shape index (κ1) is 18.5. The van der Waals surface area contributed by atoms with E-state index in [9.17, 15) is 4.79 Å². The van der Waals surface area contributed by atoms with Gasteiger partial charge in [-0.25, -0.2) is 0 Å². The van der Waals surface area contributed by atoms with Crippen molar-refractivity contribution in [2.75, 3.05) is 13.7 Å². The summed E-state index contributed by atoms with van der Waals surface area (Å²) in [5.74, 6) is 0.527. The molecule has 0 aromatic heterocycles. The van der Waals surface area contributed by atoms with E-state index in [-0.39, 0.29) is 18.4 Å². The van der Waals surface area contributed by atoms with Crippen molar-refractivity contribution in [1.82, 2.24) is 0 Å². The molecular formula is C21H23NO3S. The molecule has 1 heterocycles. The molecule has 0 aliphatic carbocycles. The van der Waals surface area contributed by atoms with Crippen LogP contribution in [0.25, 0.3) is 0 Å². The molecule has 1 aliphatic rings. The van der Waals surface area contributed by atoms with Crippen LogP contribution in [0, 0.1) is 0 Å². The molecule has 2 aromatic rings. The van der Waals surface area contributed by atoms with E-state index < -0.39 is 0 Å². The molecule has 0 saturated carbocycles. The molecule has 2 aromatic carbocycles. The normalized spacial score (nSPS) is 19.1. The third-order valence-corrected chi connectivity index (χ3v) is 5.55. The van der Waals surface area contributed by atoms with Gasteiger partial charge in [0.25, 0.3) is 0 Å². The summed E-state index contributed by atoms with van der Waals surface area (Å²) in [7, 11) is 1.40. The van der Waals surface area contributed by atoms with Crippen molar-refractivity contribution >= 4 is 22.8 Å². The zero-order chi connectivity index (χ0) is 18.4. The van der Waals surface area contributed by atoms with Crippen LogP contribution in [0.3, 0.4) is 0 Å². The number of hydrogen-bond acceptors (Lipinski definition) is 5. The molecule has 5 heteroatoms. The monoisotopic (exact) mass is 369 g/mol. The van der Waals surface area contributed by atoms with Gasteiger partial charge in [0.15, 0.2) is 0 Å². The highest BCUT2D eigenvalue weighted by atomic mass is 32.2. The van der Waals surface area contributed by atoms with Crippen LogP contribution in [0.1, 0.15) is 24.5 Å². The van der Waals surface area contributed by atoms with Gasteiger partial charge in [-0.2, -0.15) is 0 Å². The Hall–Kier alpha value is -2.27. The van der Waals surface area contributed by atoms with Crippen molar-refractivity contribution in [3.8, 4) is 5.75 Å². The first-order chi connectivity index (χ1) is 12.7. The van der Waals surface area contributed by atoms with Crippen LogP contribution in [0.4, 0.5) is 0 Å². The number of hydrogen-bond donors (Lipinski definition) is 0. The fourth-order valence-electron chi connectivity index (χ4n) is 2.84. The van der Waals surface area contributed by atoms with Crippen molar-refractivity contribution in [1.29, 1.82) is 0 Å². The molecule has 1 aliphatic heterocycles. The maximum absolute atomic E-state index is 11.4. The average molecular weight is 369 g/mol. The Balaban J connectivity index is 1.54. The first-order valence-electron chi connectivity index (χ1n) is 8.74. The van der Waals surface area contributed by atoms with Crippen LogP contribution in [-0.2, 0) is 16.0 Å². The molecule has 0 amide bonds. The molecule has 0 saturated heterocycles.